The minimum Gasteiger partial charge on any atom is -0.481 e. The number of benzene rings is 1. The summed E-state index contributed by atoms with van der Waals surface area (Å²) in [4.78, 5) is 13.7. The third-order valence-electron chi connectivity index (χ3n) is 2.73. The molecule has 16 heavy (non-hydrogen) atoms. The topological polar surface area (TPSA) is 29.5 Å². The van der Waals surface area contributed by atoms with E-state index < -0.39 is 6.10 Å². The van der Waals surface area contributed by atoms with Gasteiger partial charge < -0.3 is 9.64 Å². The Morgan fingerprint density at radius 2 is 2.31 bits per heavy atom. The Morgan fingerprint density at radius 3 is 3.00 bits per heavy atom. The van der Waals surface area contributed by atoms with E-state index in [1.54, 1.807) is 6.92 Å². The molecule has 0 radical (unpaired) electrons. The van der Waals surface area contributed by atoms with Crippen LogP contribution in [0.2, 0.25) is 0 Å². The van der Waals surface area contributed by atoms with Gasteiger partial charge in [-0.25, -0.2) is 0 Å². The molecule has 1 atom stereocenters. The number of ether oxygens (including phenoxy) is 1. The smallest absolute Gasteiger partial charge is 0.263 e. The number of fused-ring (bicyclic) bond motifs is 1. The molecular formula is C12H14BrNO2. The van der Waals surface area contributed by atoms with Gasteiger partial charge in [0, 0.05) is 23.1 Å². The molecule has 0 fully saturated rings. The molecule has 4 heteroatoms. The van der Waals surface area contributed by atoms with E-state index in [2.05, 4.69) is 15.9 Å². The van der Waals surface area contributed by atoms with Gasteiger partial charge in [0.05, 0.1) is 0 Å². The summed E-state index contributed by atoms with van der Waals surface area (Å²) in [5.41, 5.74) is 1.05. The Hall–Kier alpha value is -1.03. The van der Waals surface area contributed by atoms with E-state index in [4.69, 9.17) is 4.74 Å². The summed E-state index contributed by atoms with van der Waals surface area (Å²) in [6.07, 6.45) is -0.401. The van der Waals surface area contributed by atoms with Crippen LogP contribution in [0.15, 0.2) is 22.7 Å². The highest BCUT2D eigenvalue weighted by molar-refractivity contribution is 9.10. The van der Waals surface area contributed by atoms with Crippen LogP contribution in [0.5, 0.6) is 5.75 Å². The molecule has 0 bridgehead atoms. The summed E-state index contributed by atoms with van der Waals surface area (Å²) in [5.74, 6) is 0.856. The van der Waals surface area contributed by atoms with Gasteiger partial charge in [-0.05, 0) is 32.0 Å². The molecule has 1 amide bonds. The molecule has 3 nitrogen and oxygen atoms in total. The quantitative estimate of drug-likeness (QED) is 0.793. The van der Waals surface area contributed by atoms with E-state index in [1.165, 1.54) is 0 Å². The Labute approximate surface area is 104 Å². The predicted molar refractivity (Wildman–Crippen MR) is 65.3 cm³/mol. The fourth-order valence-electron chi connectivity index (χ4n) is 1.84. The fraction of sp³-hybridized carbons (Fsp3) is 0.417. The SMILES string of the molecule is CCN1Cc2cc(Br)ccc2OC(C)C1=O. The number of rotatable bonds is 1. The van der Waals surface area contributed by atoms with Gasteiger partial charge in [0.25, 0.3) is 5.91 Å². The second-order valence-corrected chi connectivity index (χ2v) is 4.78. The minimum absolute atomic E-state index is 0.0508. The van der Waals surface area contributed by atoms with Crippen LogP contribution in [0, 0.1) is 0 Å². The van der Waals surface area contributed by atoms with E-state index >= 15 is 0 Å². The Morgan fingerprint density at radius 1 is 1.56 bits per heavy atom. The molecule has 1 aliphatic heterocycles. The molecule has 0 aliphatic carbocycles. The first-order chi connectivity index (χ1) is 7.61. The molecule has 0 saturated carbocycles. The molecule has 86 valence electrons. The maximum absolute atomic E-state index is 11.9. The molecule has 0 N–H and O–H groups in total. The van der Waals surface area contributed by atoms with Crippen molar-refractivity contribution in [1.82, 2.24) is 4.90 Å². The summed E-state index contributed by atoms with van der Waals surface area (Å²) in [7, 11) is 0. The van der Waals surface area contributed by atoms with Crippen LogP contribution in [0.25, 0.3) is 0 Å². The molecule has 1 heterocycles. The van der Waals surface area contributed by atoms with Crippen LogP contribution in [-0.2, 0) is 11.3 Å². The zero-order chi connectivity index (χ0) is 11.7. The van der Waals surface area contributed by atoms with Crippen molar-refractivity contribution in [2.45, 2.75) is 26.5 Å². The number of nitrogens with zero attached hydrogens (tertiary/aromatic N) is 1. The zero-order valence-electron chi connectivity index (χ0n) is 9.37. The van der Waals surface area contributed by atoms with Crippen molar-refractivity contribution >= 4 is 21.8 Å². The van der Waals surface area contributed by atoms with Crippen LogP contribution in [0.1, 0.15) is 19.4 Å². The third-order valence-corrected chi connectivity index (χ3v) is 3.22. The van der Waals surface area contributed by atoms with Crippen molar-refractivity contribution in [2.24, 2.45) is 0 Å². The highest BCUT2D eigenvalue weighted by Gasteiger charge is 2.26. The summed E-state index contributed by atoms with van der Waals surface area (Å²) in [6.45, 7) is 5.10. The second kappa shape index (κ2) is 4.45. The van der Waals surface area contributed by atoms with E-state index in [0.29, 0.717) is 13.1 Å². The number of carbonyl (C=O) groups excluding carboxylic acids is 1. The van der Waals surface area contributed by atoms with Gasteiger partial charge >= 0.3 is 0 Å². The van der Waals surface area contributed by atoms with Gasteiger partial charge in [0.2, 0.25) is 0 Å². The number of amides is 1. The molecular weight excluding hydrogens is 270 g/mol. The monoisotopic (exact) mass is 283 g/mol. The Balaban J connectivity index is 2.40. The Kier molecular flexibility index (Phi) is 3.19. The fourth-order valence-corrected chi connectivity index (χ4v) is 2.24. The largest absolute Gasteiger partial charge is 0.481 e. The molecule has 2 rings (SSSR count). The molecule has 1 unspecified atom stereocenters. The van der Waals surface area contributed by atoms with Crippen LogP contribution in [-0.4, -0.2) is 23.5 Å². The summed E-state index contributed by atoms with van der Waals surface area (Å²) in [5, 5.41) is 0. The van der Waals surface area contributed by atoms with Crippen LogP contribution < -0.4 is 4.74 Å². The lowest BCUT2D eigenvalue weighted by molar-refractivity contribution is -0.137. The number of hydrogen-bond donors (Lipinski definition) is 0. The Bertz CT molecular complexity index is 419. The van der Waals surface area contributed by atoms with E-state index in [1.807, 2.05) is 30.0 Å². The summed E-state index contributed by atoms with van der Waals surface area (Å²) >= 11 is 3.43. The van der Waals surface area contributed by atoms with Crippen LogP contribution >= 0.6 is 15.9 Å². The number of carbonyl (C=O) groups is 1. The normalized spacial score (nSPS) is 20.1. The number of likely N-dealkylation sites (N-methyl/N-ethyl adjacent to an activating group) is 1. The standard InChI is InChI=1S/C12H14BrNO2/c1-3-14-7-9-6-10(13)4-5-11(9)16-8(2)12(14)15/h4-6,8H,3,7H2,1-2H3. The van der Waals surface area contributed by atoms with E-state index in [-0.39, 0.29) is 5.91 Å². The van der Waals surface area contributed by atoms with Crippen molar-refractivity contribution < 1.29 is 9.53 Å². The second-order valence-electron chi connectivity index (χ2n) is 3.86. The molecule has 0 spiro atoms. The predicted octanol–water partition coefficient (Wildman–Crippen LogP) is 2.58. The maximum atomic E-state index is 11.9. The van der Waals surface area contributed by atoms with Crippen molar-refractivity contribution in [3.05, 3.63) is 28.2 Å². The van der Waals surface area contributed by atoms with Gasteiger partial charge in [-0.1, -0.05) is 15.9 Å². The molecule has 1 aromatic carbocycles. The maximum Gasteiger partial charge on any atom is 0.263 e. The van der Waals surface area contributed by atoms with Gasteiger partial charge in [-0.15, -0.1) is 0 Å². The van der Waals surface area contributed by atoms with Crippen molar-refractivity contribution in [2.75, 3.05) is 6.54 Å². The average molecular weight is 284 g/mol. The summed E-state index contributed by atoms with van der Waals surface area (Å²) in [6, 6.07) is 5.84. The minimum atomic E-state index is -0.401. The van der Waals surface area contributed by atoms with Gasteiger partial charge in [-0.2, -0.15) is 0 Å². The van der Waals surface area contributed by atoms with Gasteiger partial charge in [-0.3, -0.25) is 4.79 Å². The third kappa shape index (κ3) is 2.07. The first-order valence-corrected chi connectivity index (χ1v) is 6.15. The zero-order valence-corrected chi connectivity index (χ0v) is 11.0. The summed E-state index contributed by atoms with van der Waals surface area (Å²) < 4.78 is 6.65. The average Bonchev–Trinajstić information content (AvgIpc) is 2.38. The van der Waals surface area contributed by atoms with E-state index in [9.17, 15) is 4.79 Å². The lowest BCUT2D eigenvalue weighted by Crippen LogP contribution is -2.37. The molecule has 0 aromatic heterocycles. The molecule has 0 saturated heterocycles. The number of hydrogen-bond acceptors (Lipinski definition) is 2. The first-order valence-electron chi connectivity index (χ1n) is 5.35. The lowest BCUT2D eigenvalue weighted by Gasteiger charge is -2.19. The lowest BCUT2D eigenvalue weighted by atomic mass is 10.2. The van der Waals surface area contributed by atoms with E-state index in [0.717, 1.165) is 15.8 Å². The van der Waals surface area contributed by atoms with Crippen molar-refractivity contribution in [3.63, 3.8) is 0 Å². The van der Waals surface area contributed by atoms with Gasteiger partial charge in [0.1, 0.15) is 5.75 Å². The number of halogens is 1. The van der Waals surface area contributed by atoms with Crippen molar-refractivity contribution in [3.8, 4) is 5.75 Å². The highest BCUT2D eigenvalue weighted by Crippen LogP contribution is 2.28. The van der Waals surface area contributed by atoms with Crippen molar-refractivity contribution in [1.29, 1.82) is 0 Å². The molecule has 1 aliphatic rings. The molecule has 1 aromatic rings. The van der Waals surface area contributed by atoms with Gasteiger partial charge in [0.15, 0.2) is 6.10 Å². The first kappa shape index (κ1) is 11.5. The van der Waals surface area contributed by atoms with Crippen LogP contribution in [0.3, 0.4) is 0 Å². The highest BCUT2D eigenvalue weighted by atomic mass is 79.9. The van der Waals surface area contributed by atoms with Crippen LogP contribution in [0.4, 0.5) is 0 Å².